The lowest BCUT2D eigenvalue weighted by Crippen LogP contribution is -2.54. The van der Waals surface area contributed by atoms with E-state index >= 15 is 0 Å². The Bertz CT molecular complexity index is 869. The highest BCUT2D eigenvalue weighted by atomic mass is 28.4. The Morgan fingerprint density at radius 3 is 2.63 bits per heavy atom. The predicted octanol–water partition coefficient (Wildman–Crippen LogP) is 3.50. The summed E-state index contributed by atoms with van der Waals surface area (Å²) in [7, 11) is -2.04. The van der Waals surface area contributed by atoms with E-state index in [4.69, 9.17) is 10.2 Å². The molecule has 1 aliphatic heterocycles. The van der Waals surface area contributed by atoms with Crippen LogP contribution in [0.4, 0.5) is 14.9 Å². The number of nitrogens with two attached hydrogens (primary N) is 1. The van der Waals surface area contributed by atoms with Gasteiger partial charge in [-0.05, 0) is 31.1 Å². The molecule has 1 aromatic rings. The lowest BCUT2D eigenvalue weighted by atomic mass is 9.87. The van der Waals surface area contributed by atoms with E-state index < -0.39 is 25.8 Å². The van der Waals surface area contributed by atoms with E-state index in [-0.39, 0.29) is 47.7 Å². The van der Waals surface area contributed by atoms with Crippen LogP contribution in [0.25, 0.3) is 0 Å². The van der Waals surface area contributed by atoms with E-state index in [0.29, 0.717) is 0 Å². The number of nitrogens with one attached hydrogen (secondary N) is 1. The van der Waals surface area contributed by atoms with Crippen LogP contribution in [0.2, 0.25) is 18.1 Å². The second-order valence-electron chi connectivity index (χ2n) is 9.18. The van der Waals surface area contributed by atoms with Gasteiger partial charge in [-0.25, -0.2) is 14.2 Å². The first-order chi connectivity index (χ1) is 13.7. The molecule has 10 heteroatoms. The first-order valence-electron chi connectivity index (χ1n) is 9.76. The van der Waals surface area contributed by atoms with Crippen molar-refractivity contribution >= 4 is 32.0 Å². The average molecular weight is 439 g/mol. The van der Waals surface area contributed by atoms with Crippen molar-refractivity contribution in [1.82, 2.24) is 10.2 Å². The minimum absolute atomic E-state index is 0.00151. The maximum Gasteiger partial charge on any atom is 0.411 e. The number of carbonyl (C=O) groups is 2. The van der Waals surface area contributed by atoms with Gasteiger partial charge in [0.1, 0.15) is 0 Å². The molecule has 2 rings (SSSR count). The number of rotatable bonds is 5. The van der Waals surface area contributed by atoms with Gasteiger partial charge >= 0.3 is 6.09 Å². The molecule has 1 aromatic carbocycles. The van der Waals surface area contributed by atoms with Crippen molar-refractivity contribution in [3.05, 3.63) is 29.6 Å². The van der Waals surface area contributed by atoms with Crippen LogP contribution in [-0.4, -0.2) is 49.4 Å². The molecular weight excluding hydrogens is 407 g/mol. The summed E-state index contributed by atoms with van der Waals surface area (Å²) >= 11 is 0. The number of halogens is 1. The van der Waals surface area contributed by atoms with Crippen molar-refractivity contribution in [2.75, 3.05) is 18.9 Å². The highest BCUT2D eigenvalue weighted by Gasteiger charge is 2.41. The summed E-state index contributed by atoms with van der Waals surface area (Å²) in [6.45, 7) is 12.5. The number of guanidine groups is 1. The molecule has 1 aliphatic rings. The number of hydrogen-bond donors (Lipinski definition) is 3. The van der Waals surface area contributed by atoms with Crippen LogP contribution in [-0.2, 0) is 14.8 Å². The van der Waals surface area contributed by atoms with Crippen LogP contribution in [0.3, 0.4) is 0 Å². The fourth-order valence-electron chi connectivity index (χ4n) is 2.99. The fourth-order valence-corrected chi connectivity index (χ4v) is 4.03. The normalized spacial score (nSPS) is 20.2. The number of nitrogens with zero attached hydrogens (tertiary/aromatic N) is 2. The molecule has 0 unspecified atom stereocenters. The Hall–Kier alpha value is -2.46. The average Bonchev–Trinajstić information content (AvgIpc) is 2.58. The summed E-state index contributed by atoms with van der Waals surface area (Å²) in [6.07, 6.45) is -1.49. The summed E-state index contributed by atoms with van der Waals surface area (Å²) in [5.41, 5.74) is 4.45. The molecule has 30 heavy (non-hydrogen) atoms. The number of hydrogen-bond acceptors (Lipinski definition) is 5. The summed E-state index contributed by atoms with van der Waals surface area (Å²) in [6, 6.07) is 4.48. The predicted molar refractivity (Wildman–Crippen MR) is 116 cm³/mol. The van der Waals surface area contributed by atoms with E-state index in [1.807, 2.05) is 0 Å². The molecule has 8 nitrogen and oxygen atoms in total. The molecule has 0 aromatic heterocycles. The van der Waals surface area contributed by atoms with Crippen LogP contribution in [0.15, 0.2) is 23.2 Å². The van der Waals surface area contributed by atoms with Gasteiger partial charge in [0.05, 0.1) is 30.8 Å². The lowest BCUT2D eigenvalue weighted by molar-refractivity contribution is -0.130. The Morgan fingerprint density at radius 2 is 2.07 bits per heavy atom. The van der Waals surface area contributed by atoms with E-state index in [9.17, 15) is 19.1 Å². The highest BCUT2D eigenvalue weighted by molar-refractivity contribution is 6.74. The van der Waals surface area contributed by atoms with Crippen LogP contribution >= 0.6 is 0 Å². The molecule has 0 fully saturated rings. The molecule has 0 spiro atoms. The van der Waals surface area contributed by atoms with Crippen molar-refractivity contribution in [3.8, 4) is 0 Å². The van der Waals surface area contributed by atoms with Gasteiger partial charge < -0.3 is 15.3 Å². The Labute approximate surface area is 177 Å². The van der Waals surface area contributed by atoms with Crippen LogP contribution < -0.4 is 11.1 Å². The Morgan fingerprint density at radius 1 is 1.43 bits per heavy atom. The van der Waals surface area contributed by atoms with Crippen molar-refractivity contribution < 1.29 is 23.5 Å². The van der Waals surface area contributed by atoms with Gasteiger partial charge in [-0.1, -0.05) is 32.9 Å². The minimum atomic E-state index is -2.04. The third kappa shape index (κ3) is 4.98. The number of nitrogen functional groups attached to an aromatic ring is 1. The molecule has 2 amide bonds. The number of aliphatic imine (C=N–C) groups is 1. The number of amides is 2. The van der Waals surface area contributed by atoms with Gasteiger partial charge in [0.2, 0.25) is 11.9 Å². The van der Waals surface area contributed by atoms with Gasteiger partial charge in [0.15, 0.2) is 14.1 Å². The topological polar surface area (TPSA) is 117 Å². The molecular formula is C20H31FN4O4Si. The monoisotopic (exact) mass is 438 g/mol. The molecule has 0 bridgehead atoms. The summed E-state index contributed by atoms with van der Waals surface area (Å²) in [4.78, 5) is 29.9. The van der Waals surface area contributed by atoms with E-state index in [2.05, 4.69) is 44.2 Å². The molecule has 0 radical (unpaired) electrons. The Balaban J connectivity index is 2.32. The Kier molecular flexibility index (Phi) is 6.62. The third-order valence-electron chi connectivity index (χ3n) is 5.82. The largest absolute Gasteiger partial charge is 0.465 e. The lowest BCUT2D eigenvalue weighted by Gasteiger charge is -2.39. The molecule has 4 N–H and O–H groups in total. The SMILES string of the molecule is CC(C)(C)[Si](C)(C)OCCN1C(=O)C[C@@](C)(c2cccc(N)c2F)N=C1NC(=O)O. The van der Waals surface area contributed by atoms with Gasteiger partial charge in [-0.2, -0.15) is 0 Å². The number of anilines is 1. The zero-order valence-corrected chi connectivity index (χ0v) is 19.4. The number of carbonyl (C=O) groups excluding carboxylic acids is 1. The van der Waals surface area contributed by atoms with Gasteiger partial charge in [0, 0.05) is 5.56 Å². The van der Waals surface area contributed by atoms with Crippen LogP contribution in [0.5, 0.6) is 0 Å². The van der Waals surface area contributed by atoms with Crippen molar-refractivity contribution in [3.63, 3.8) is 0 Å². The van der Waals surface area contributed by atoms with Gasteiger partial charge in [-0.15, -0.1) is 0 Å². The van der Waals surface area contributed by atoms with E-state index in [1.54, 1.807) is 13.0 Å². The number of benzene rings is 1. The van der Waals surface area contributed by atoms with E-state index in [0.717, 1.165) is 0 Å². The van der Waals surface area contributed by atoms with Crippen LogP contribution in [0.1, 0.15) is 39.7 Å². The second-order valence-corrected chi connectivity index (χ2v) is 14.0. The van der Waals surface area contributed by atoms with Crippen molar-refractivity contribution in [2.24, 2.45) is 4.99 Å². The summed E-state index contributed by atoms with van der Waals surface area (Å²) in [5.74, 6) is -1.19. The standard InChI is InChI=1S/C20H31FN4O4Si/c1-19(2,3)30(5,6)29-11-10-25-15(26)12-20(4,24-17(25)23-18(27)28)13-8-7-9-14(22)16(13)21/h7-9H,10-12,22H2,1-6H3,(H,23,24)(H,27,28)/t20-/m0/s1. The van der Waals surface area contributed by atoms with Gasteiger partial charge in [-0.3, -0.25) is 15.0 Å². The first-order valence-corrected chi connectivity index (χ1v) is 12.7. The maximum absolute atomic E-state index is 14.6. The maximum atomic E-state index is 14.6. The fraction of sp³-hybridized carbons (Fsp3) is 0.550. The molecule has 1 heterocycles. The minimum Gasteiger partial charge on any atom is -0.465 e. The molecule has 1 atom stereocenters. The molecule has 0 saturated heterocycles. The molecule has 0 aliphatic carbocycles. The third-order valence-corrected chi connectivity index (χ3v) is 10.4. The first kappa shape index (κ1) is 23.8. The molecule has 0 saturated carbocycles. The molecule has 166 valence electrons. The smallest absolute Gasteiger partial charge is 0.411 e. The quantitative estimate of drug-likeness (QED) is 0.480. The van der Waals surface area contributed by atoms with Crippen LogP contribution in [0, 0.1) is 5.82 Å². The zero-order chi connectivity index (χ0) is 22.9. The summed E-state index contributed by atoms with van der Waals surface area (Å²) < 4.78 is 20.7. The number of carboxylic acid groups (broad SMARTS) is 1. The summed E-state index contributed by atoms with van der Waals surface area (Å²) in [5, 5.41) is 11.4. The second kappa shape index (κ2) is 8.35. The van der Waals surface area contributed by atoms with Crippen molar-refractivity contribution in [1.29, 1.82) is 0 Å². The zero-order valence-electron chi connectivity index (χ0n) is 18.4. The van der Waals surface area contributed by atoms with E-state index in [1.165, 1.54) is 17.0 Å². The highest BCUT2D eigenvalue weighted by Crippen LogP contribution is 2.38. The van der Waals surface area contributed by atoms with Gasteiger partial charge in [0.25, 0.3) is 0 Å². The van der Waals surface area contributed by atoms with Crippen molar-refractivity contribution in [2.45, 2.75) is 57.8 Å².